The Morgan fingerprint density at radius 1 is 1.33 bits per heavy atom. The first-order valence-corrected chi connectivity index (χ1v) is 5.95. The van der Waals surface area contributed by atoms with Crippen LogP contribution in [-0.4, -0.2) is 29.5 Å². The fourth-order valence-corrected chi connectivity index (χ4v) is 1.55. The van der Waals surface area contributed by atoms with Crippen LogP contribution in [0, 0.1) is 22.7 Å². The summed E-state index contributed by atoms with van der Waals surface area (Å²) in [6.45, 7) is 4.08. The van der Waals surface area contributed by atoms with Gasteiger partial charge in [-0.1, -0.05) is 6.92 Å². The summed E-state index contributed by atoms with van der Waals surface area (Å²) in [7, 11) is 0. The van der Waals surface area contributed by atoms with Crippen molar-refractivity contribution in [2.75, 3.05) is 25.0 Å². The average Bonchev–Trinajstić information content (AvgIpc) is 2.37. The highest BCUT2D eigenvalue weighted by Crippen LogP contribution is 2.09. The van der Waals surface area contributed by atoms with Crippen molar-refractivity contribution in [3.8, 4) is 12.1 Å². The highest BCUT2D eigenvalue weighted by molar-refractivity contribution is 5.37. The maximum atomic E-state index is 8.69. The van der Waals surface area contributed by atoms with Gasteiger partial charge in [0.1, 0.15) is 5.82 Å². The minimum Gasteiger partial charge on any atom is -0.370 e. The summed E-state index contributed by atoms with van der Waals surface area (Å²) in [6, 6.07) is 7.99. The molecule has 0 unspecified atom stereocenters. The highest BCUT2D eigenvalue weighted by atomic mass is 15.1. The van der Waals surface area contributed by atoms with Crippen LogP contribution in [-0.2, 0) is 6.54 Å². The first-order valence-electron chi connectivity index (χ1n) is 5.95. The molecule has 1 N–H and O–H groups in total. The molecule has 1 aromatic rings. The molecule has 0 saturated carbocycles. The second-order valence-electron chi connectivity index (χ2n) is 3.94. The van der Waals surface area contributed by atoms with Crippen LogP contribution in [0.25, 0.3) is 0 Å². The Hall–Kier alpha value is -2.11. The van der Waals surface area contributed by atoms with Gasteiger partial charge in [-0.3, -0.25) is 4.90 Å². The smallest absolute Gasteiger partial charge is 0.126 e. The molecule has 1 aromatic heterocycles. The molecule has 1 rings (SSSR count). The third kappa shape index (κ3) is 4.82. The lowest BCUT2D eigenvalue weighted by molar-refractivity contribution is 0.335. The fourth-order valence-electron chi connectivity index (χ4n) is 1.55. The summed E-state index contributed by atoms with van der Waals surface area (Å²) in [5, 5.41) is 20.6. The van der Waals surface area contributed by atoms with Crippen LogP contribution in [0.2, 0.25) is 0 Å². The SMILES string of the molecule is CCCNc1cc(CN(CC#N)CC#N)ccn1. The number of nitriles is 2. The van der Waals surface area contributed by atoms with Crippen molar-refractivity contribution >= 4 is 5.82 Å². The Bertz CT molecular complexity index is 427. The first kappa shape index (κ1) is 14.0. The number of nitrogens with zero attached hydrogens (tertiary/aromatic N) is 4. The van der Waals surface area contributed by atoms with E-state index in [9.17, 15) is 0 Å². The molecule has 0 radical (unpaired) electrons. The monoisotopic (exact) mass is 243 g/mol. The van der Waals surface area contributed by atoms with E-state index in [2.05, 4.69) is 29.4 Å². The van der Waals surface area contributed by atoms with Crippen LogP contribution in [0.1, 0.15) is 18.9 Å². The van der Waals surface area contributed by atoms with Crippen molar-refractivity contribution in [3.05, 3.63) is 23.9 Å². The van der Waals surface area contributed by atoms with E-state index in [4.69, 9.17) is 10.5 Å². The molecule has 18 heavy (non-hydrogen) atoms. The van der Waals surface area contributed by atoms with Crippen molar-refractivity contribution in [3.63, 3.8) is 0 Å². The van der Waals surface area contributed by atoms with Gasteiger partial charge in [-0.05, 0) is 24.1 Å². The lowest BCUT2D eigenvalue weighted by Gasteiger charge is -2.15. The van der Waals surface area contributed by atoms with Crippen LogP contribution in [0.4, 0.5) is 5.82 Å². The molecular formula is C13H17N5. The summed E-state index contributed by atoms with van der Waals surface area (Å²) in [4.78, 5) is 6.01. The topological polar surface area (TPSA) is 75.7 Å². The van der Waals surface area contributed by atoms with E-state index in [-0.39, 0.29) is 13.1 Å². The van der Waals surface area contributed by atoms with Crippen LogP contribution in [0.3, 0.4) is 0 Å². The van der Waals surface area contributed by atoms with Crippen LogP contribution < -0.4 is 5.32 Å². The molecule has 0 amide bonds. The largest absolute Gasteiger partial charge is 0.370 e. The molecule has 0 aliphatic carbocycles. The van der Waals surface area contributed by atoms with E-state index in [1.54, 1.807) is 11.1 Å². The van der Waals surface area contributed by atoms with Gasteiger partial charge < -0.3 is 5.32 Å². The maximum absolute atomic E-state index is 8.69. The van der Waals surface area contributed by atoms with Crippen molar-refractivity contribution in [1.82, 2.24) is 9.88 Å². The molecular weight excluding hydrogens is 226 g/mol. The normalized spacial score (nSPS) is 9.78. The molecule has 0 atom stereocenters. The Kier molecular flexibility index (Phi) is 6.24. The van der Waals surface area contributed by atoms with Crippen molar-refractivity contribution in [2.45, 2.75) is 19.9 Å². The minimum atomic E-state index is 0.258. The number of pyridine rings is 1. The predicted molar refractivity (Wildman–Crippen MR) is 69.5 cm³/mol. The summed E-state index contributed by atoms with van der Waals surface area (Å²) < 4.78 is 0. The van der Waals surface area contributed by atoms with Gasteiger partial charge in [0.2, 0.25) is 0 Å². The molecule has 5 heteroatoms. The molecule has 0 aliphatic rings. The summed E-state index contributed by atoms with van der Waals surface area (Å²) in [5.74, 6) is 0.836. The summed E-state index contributed by atoms with van der Waals surface area (Å²) >= 11 is 0. The number of nitrogens with one attached hydrogen (secondary N) is 1. The summed E-state index contributed by atoms with van der Waals surface area (Å²) in [5.41, 5.74) is 1.05. The van der Waals surface area contributed by atoms with Crippen molar-refractivity contribution in [2.24, 2.45) is 0 Å². The van der Waals surface area contributed by atoms with Gasteiger partial charge >= 0.3 is 0 Å². The van der Waals surface area contributed by atoms with Gasteiger partial charge in [-0.2, -0.15) is 10.5 Å². The standard InChI is InChI=1S/C13H17N5/c1-2-6-16-13-10-12(3-7-17-13)11-18(8-4-14)9-5-15/h3,7,10H,2,6,8-9,11H2,1H3,(H,16,17). The maximum Gasteiger partial charge on any atom is 0.126 e. The van der Waals surface area contributed by atoms with Gasteiger partial charge in [0.15, 0.2) is 0 Å². The van der Waals surface area contributed by atoms with E-state index in [0.717, 1.165) is 24.3 Å². The average molecular weight is 243 g/mol. The molecule has 5 nitrogen and oxygen atoms in total. The van der Waals surface area contributed by atoms with Gasteiger partial charge in [-0.25, -0.2) is 4.98 Å². The highest BCUT2D eigenvalue weighted by Gasteiger charge is 2.05. The number of hydrogen-bond acceptors (Lipinski definition) is 5. The molecule has 0 fully saturated rings. The van der Waals surface area contributed by atoms with E-state index >= 15 is 0 Å². The van der Waals surface area contributed by atoms with Crippen molar-refractivity contribution in [1.29, 1.82) is 10.5 Å². The predicted octanol–water partition coefficient (Wildman–Crippen LogP) is 1.75. The molecule has 0 saturated heterocycles. The van der Waals surface area contributed by atoms with E-state index in [1.807, 2.05) is 12.1 Å². The third-order valence-electron chi connectivity index (χ3n) is 2.38. The number of hydrogen-bond donors (Lipinski definition) is 1. The lowest BCUT2D eigenvalue weighted by atomic mass is 10.2. The lowest BCUT2D eigenvalue weighted by Crippen LogP contribution is -2.24. The van der Waals surface area contributed by atoms with E-state index in [1.165, 1.54) is 0 Å². The van der Waals surface area contributed by atoms with Crippen LogP contribution in [0.5, 0.6) is 0 Å². The molecule has 0 spiro atoms. The fraction of sp³-hybridized carbons (Fsp3) is 0.462. The molecule has 0 aromatic carbocycles. The minimum absolute atomic E-state index is 0.258. The zero-order chi connectivity index (χ0) is 13.2. The Morgan fingerprint density at radius 2 is 2.06 bits per heavy atom. The first-order chi connectivity index (χ1) is 8.80. The molecule has 1 heterocycles. The quantitative estimate of drug-likeness (QED) is 0.738. The zero-order valence-electron chi connectivity index (χ0n) is 10.6. The number of rotatable bonds is 7. The second kappa shape index (κ2) is 8.05. The van der Waals surface area contributed by atoms with Gasteiger partial charge in [0.05, 0.1) is 25.2 Å². The van der Waals surface area contributed by atoms with E-state index in [0.29, 0.717) is 6.54 Å². The molecule has 0 bridgehead atoms. The Balaban J connectivity index is 2.65. The van der Waals surface area contributed by atoms with E-state index < -0.39 is 0 Å². The Labute approximate surface area is 108 Å². The van der Waals surface area contributed by atoms with Gasteiger partial charge in [-0.15, -0.1) is 0 Å². The van der Waals surface area contributed by atoms with Crippen LogP contribution >= 0.6 is 0 Å². The number of aromatic nitrogens is 1. The third-order valence-corrected chi connectivity index (χ3v) is 2.38. The van der Waals surface area contributed by atoms with Gasteiger partial charge in [0, 0.05) is 19.3 Å². The summed E-state index contributed by atoms with van der Waals surface area (Å²) in [6.07, 6.45) is 2.78. The van der Waals surface area contributed by atoms with Gasteiger partial charge in [0.25, 0.3) is 0 Å². The molecule has 94 valence electrons. The second-order valence-corrected chi connectivity index (χ2v) is 3.94. The number of anilines is 1. The Morgan fingerprint density at radius 3 is 2.67 bits per heavy atom. The van der Waals surface area contributed by atoms with Crippen molar-refractivity contribution < 1.29 is 0 Å². The zero-order valence-corrected chi connectivity index (χ0v) is 10.6. The van der Waals surface area contributed by atoms with Crippen LogP contribution in [0.15, 0.2) is 18.3 Å². The molecule has 0 aliphatic heterocycles.